The fraction of sp³-hybridized carbons (Fsp3) is 0. The third-order valence-corrected chi connectivity index (χ3v) is 1.46. The third-order valence-electron chi connectivity index (χ3n) is 1.46. The molecule has 0 atom stereocenters. The maximum absolute atomic E-state index is 3.12. The average molecular weight is 265 g/mol. The Labute approximate surface area is 126 Å². The third kappa shape index (κ3) is 2.65. The number of hydrogen-bond acceptors (Lipinski definition) is 0. The van der Waals surface area contributed by atoms with Crippen LogP contribution < -0.4 is 68.9 Å². The maximum atomic E-state index is 3.12. The van der Waals surface area contributed by atoms with Crippen molar-refractivity contribution in [3.8, 4) is 0 Å². The number of rotatable bonds is 0. The van der Waals surface area contributed by atoms with E-state index >= 15 is 0 Å². The van der Waals surface area contributed by atoms with Crippen LogP contribution in [0.15, 0.2) is 36.5 Å². The van der Waals surface area contributed by atoms with Gasteiger partial charge in [0.2, 0.25) is 0 Å². The molecule has 1 nitrogen and oxygen atoms in total. The van der Waals surface area contributed by atoms with E-state index in [-0.39, 0.29) is 76.3 Å². The van der Waals surface area contributed by atoms with E-state index in [4.69, 9.17) is 0 Å². The minimum Gasteiger partial charge on any atom is -0.361 e. The number of fused-ring (bicyclic) bond motifs is 1. The summed E-state index contributed by atoms with van der Waals surface area (Å²) >= 11 is 0. The first kappa shape index (κ1) is 11.8. The van der Waals surface area contributed by atoms with E-state index in [9.17, 15) is 0 Å². The van der Waals surface area contributed by atoms with E-state index in [1.165, 1.54) is 10.9 Å². The van der Waals surface area contributed by atoms with Gasteiger partial charge in [-0.1, -0.05) is 18.2 Å². The van der Waals surface area contributed by atoms with Crippen LogP contribution >= 0.6 is 0 Å². The van der Waals surface area contributed by atoms with Gasteiger partial charge in [0.15, 0.2) is 0 Å². The van der Waals surface area contributed by atoms with Crippen LogP contribution in [0, 0.1) is 7.43 Å². The van der Waals surface area contributed by atoms with E-state index < -0.39 is 0 Å². The van der Waals surface area contributed by atoms with Crippen LogP contribution in [-0.2, 0) is 0 Å². The smallest absolute Gasteiger partial charge is 0.361 e. The molecule has 0 saturated heterocycles. The zero-order valence-corrected chi connectivity index (χ0v) is 13.2. The molecule has 0 unspecified atom stereocenters. The quantitative estimate of drug-likeness (QED) is 0.625. The first-order valence-electron chi connectivity index (χ1n) is 2.99. The number of aromatic nitrogens is 1. The number of hydrogen-bond donors (Lipinski definition) is 1. The van der Waals surface area contributed by atoms with Gasteiger partial charge in [0.05, 0.1) is 0 Å². The Morgan fingerprint density at radius 3 is 2.45 bits per heavy atom. The van der Waals surface area contributed by atoms with Gasteiger partial charge in [0.25, 0.3) is 0 Å². The molecule has 0 bridgehead atoms. The molecule has 2 aromatic rings. The normalized spacial score (nSPS) is 8.36. The number of para-hydroxylation sites is 1. The number of benzene rings is 1. The predicted octanol–water partition coefficient (Wildman–Crippen LogP) is -0.378. The second kappa shape index (κ2) is 5.46. The van der Waals surface area contributed by atoms with Gasteiger partial charge in [-0.2, -0.15) is 0 Å². The molecule has 0 aliphatic carbocycles. The van der Waals surface area contributed by atoms with Crippen molar-refractivity contribution in [1.82, 2.24) is 4.98 Å². The summed E-state index contributed by atoms with van der Waals surface area (Å²) in [6, 6.07) is 10.3. The molecular formula is C9H10CsN. The zero-order valence-electron chi connectivity index (χ0n) is 6.96. The van der Waals surface area contributed by atoms with Crippen molar-refractivity contribution < 1.29 is 68.9 Å². The van der Waals surface area contributed by atoms with Gasteiger partial charge in [0, 0.05) is 11.7 Å². The molecule has 2 rings (SSSR count). The van der Waals surface area contributed by atoms with Gasteiger partial charge in [0.1, 0.15) is 0 Å². The van der Waals surface area contributed by atoms with Crippen molar-refractivity contribution in [2.45, 2.75) is 0 Å². The molecule has 0 saturated carbocycles. The Balaban J connectivity index is 0.000000500. The summed E-state index contributed by atoms with van der Waals surface area (Å²) in [5.41, 5.74) is 1.21. The topological polar surface area (TPSA) is 15.8 Å². The van der Waals surface area contributed by atoms with E-state index in [2.05, 4.69) is 23.2 Å². The Kier molecular flexibility index (Phi) is 5.86. The molecule has 0 aliphatic heterocycles. The van der Waals surface area contributed by atoms with Gasteiger partial charge in [-0.15, -0.1) is 0 Å². The predicted molar refractivity (Wildman–Crippen MR) is 44.7 cm³/mol. The second-order valence-electron chi connectivity index (χ2n) is 2.06. The molecule has 0 fully saturated rings. The minimum atomic E-state index is 0. The summed E-state index contributed by atoms with van der Waals surface area (Å²) in [6.45, 7) is 0. The number of nitrogens with one attached hydrogen (secondary N) is 1. The van der Waals surface area contributed by atoms with Crippen LogP contribution in [0.25, 0.3) is 10.9 Å². The van der Waals surface area contributed by atoms with Gasteiger partial charge in [-0.25, -0.2) is 0 Å². The van der Waals surface area contributed by atoms with Gasteiger partial charge in [-0.3, -0.25) is 0 Å². The summed E-state index contributed by atoms with van der Waals surface area (Å²) in [5, 5.41) is 1.28. The van der Waals surface area contributed by atoms with Crippen molar-refractivity contribution >= 4 is 10.9 Å². The number of H-pyrrole nitrogens is 1. The largest absolute Gasteiger partial charge is 1.00 e. The van der Waals surface area contributed by atoms with Crippen LogP contribution in [0.2, 0.25) is 0 Å². The summed E-state index contributed by atoms with van der Waals surface area (Å²) in [6.07, 6.45) is 1.95. The summed E-state index contributed by atoms with van der Waals surface area (Å²) in [4.78, 5) is 3.12. The molecule has 0 radical (unpaired) electrons. The molecule has 0 aliphatic rings. The van der Waals surface area contributed by atoms with Gasteiger partial charge < -0.3 is 12.4 Å². The fourth-order valence-electron chi connectivity index (χ4n) is 0.995. The van der Waals surface area contributed by atoms with E-state index in [1.807, 2.05) is 18.3 Å². The van der Waals surface area contributed by atoms with Crippen LogP contribution in [0.3, 0.4) is 0 Å². The van der Waals surface area contributed by atoms with E-state index in [1.54, 1.807) is 0 Å². The second-order valence-corrected chi connectivity index (χ2v) is 2.06. The Bertz CT molecular complexity index is 284. The van der Waals surface area contributed by atoms with Gasteiger partial charge >= 0.3 is 68.9 Å². The average Bonchev–Trinajstić information content (AvgIpc) is 2.33. The van der Waals surface area contributed by atoms with Crippen molar-refractivity contribution in [2.24, 2.45) is 0 Å². The van der Waals surface area contributed by atoms with E-state index in [0.29, 0.717) is 0 Å². The molecule has 52 valence electrons. The molecule has 1 aromatic carbocycles. The first-order chi connectivity index (χ1) is 4.47. The van der Waals surface area contributed by atoms with Crippen molar-refractivity contribution in [3.05, 3.63) is 44.0 Å². The molecule has 1 heterocycles. The Morgan fingerprint density at radius 1 is 1.00 bits per heavy atom. The van der Waals surface area contributed by atoms with Crippen LogP contribution in [-0.4, -0.2) is 4.98 Å². The summed E-state index contributed by atoms with van der Waals surface area (Å²) in [5.74, 6) is 0. The standard InChI is InChI=1S/C8H7N.CH3.Cs/c1-2-4-8-7(3-1)5-6-9-8;;/h1-6,9H;1H3;/q;-1;+1. The van der Waals surface area contributed by atoms with Gasteiger partial charge in [-0.05, 0) is 17.5 Å². The molecule has 0 amide bonds. The summed E-state index contributed by atoms with van der Waals surface area (Å²) in [7, 11) is 0. The van der Waals surface area contributed by atoms with Crippen molar-refractivity contribution in [1.29, 1.82) is 0 Å². The molecule has 0 spiro atoms. The molecule has 2 heteroatoms. The monoisotopic (exact) mass is 265 g/mol. The van der Waals surface area contributed by atoms with Crippen molar-refractivity contribution in [3.63, 3.8) is 0 Å². The maximum Gasteiger partial charge on any atom is 1.00 e. The summed E-state index contributed by atoms with van der Waals surface area (Å²) < 4.78 is 0. The van der Waals surface area contributed by atoms with Crippen molar-refractivity contribution in [2.75, 3.05) is 0 Å². The fourth-order valence-corrected chi connectivity index (χ4v) is 0.995. The Hall–Kier alpha value is 0.812. The molecule has 1 aromatic heterocycles. The van der Waals surface area contributed by atoms with Crippen LogP contribution in [0.4, 0.5) is 0 Å². The molecular weight excluding hydrogens is 255 g/mol. The van der Waals surface area contributed by atoms with Crippen LogP contribution in [0.5, 0.6) is 0 Å². The zero-order chi connectivity index (χ0) is 6.10. The minimum absolute atomic E-state index is 0. The molecule has 11 heavy (non-hydrogen) atoms. The first-order valence-corrected chi connectivity index (χ1v) is 2.99. The Morgan fingerprint density at radius 2 is 1.73 bits per heavy atom. The van der Waals surface area contributed by atoms with Crippen LogP contribution in [0.1, 0.15) is 0 Å². The number of aromatic amines is 1. The van der Waals surface area contributed by atoms with E-state index in [0.717, 1.165) is 0 Å². The SMILES string of the molecule is [CH3-].[Cs+].c1ccc2[nH]ccc2c1. The molecule has 1 N–H and O–H groups in total.